The standard InChI is InChI=1S/C53H34N4O2.Pt/c1-4-16-37(17-5-1)44-25-15-26-45(38-18-6-2-7-19-38)53(44)39-32-33-54-52(34-39)55-48-27-11-10-24-46(48)47-31-30-43(36-51(47)55)58-42-23-14-22-41(35-42)57-50-29-13-12-28-49(50)56(59-57)40-20-8-3-9-21-40;/h1-34H;/q-2;/p+1. The average Bonchev–Trinajstić information content (AvgIpc) is 3.86. The summed E-state index contributed by atoms with van der Waals surface area (Å²) in [6.45, 7) is 0. The Morgan fingerprint density at radius 2 is 1.10 bits per heavy atom. The van der Waals surface area contributed by atoms with Gasteiger partial charge in [-0.2, -0.15) is 17.1 Å². The van der Waals surface area contributed by atoms with Gasteiger partial charge in [0.05, 0.1) is 0 Å². The molecule has 0 atom stereocenters. The summed E-state index contributed by atoms with van der Waals surface area (Å²) in [6, 6.07) is 75.8. The minimum atomic E-state index is 0. The topological polar surface area (TPSA) is 46.3 Å². The van der Waals surface area contributed by atoms with Gasteiger partial charge in [-0.15, -0.1) is 40.8 Å². The van der Waals surface area contributed by atoms with Crippen LogP contribution in [0.4, 0.5) is 22.7 Å². The molecule has 7 heteroatoms. The van der Waals surface area contributed by atoms with Crippen LogP contribution in [0.5, 0.6) is 11.5 Å². The molecule has 60 heavy (non-hydrogen) atoms. The Balaban J connectivity index is 0.00000433. The summed E-state index contributed by atoms with van der Waals surface area (Å²) in [6.07, 6.45) is 1.91. The van der Waals surface area contributed by atoms with Gasteiger partial charge in [-0.3, -0.25) is 0 Å². The zero-order chi connectivity index (χ0) is 39.1. The molecule has 2 aromatic heterocycles. The molecule has 0 spiro atoms. The van der Waals surface area contributed by atoms with Gasteiger partial charge in [-0.1, -0.05) is 138 Å². The van der Waals surface area contributed by atoms with E-state index in [4.69, 9.17) is 14.7 Å². The molecule has 1 N–H and O–H groups in total. The molecule has 1 aliphatic heterocycles. The average molecular weight is 955 g/mol. The predicted molar refractivity (Wildman–Crippen MR) is 238 cm³/mol. The second-order valence-electron chi connectivity index (χ2n) is 14.3. The van der Waals surface area contributed by atoms with E-state index < -0.39 is 0 Å². The predicted octanol–water partition coefficient (Wildman–Crippen LogP) is 13.7. The number of aromatic nitrogens is 2. The molecule has 10 aromatic rings. The summed E-state index contributed by atoms with van der Waals surface area (Å²) < 4.78 is 8.76. The number of hydrogen-bond acceptors (Lipinski definition) is 4. The zero-order valence-corrected chi connectivity index (χ0v) is 34.4. The fraction of sp³-hybridized carbons (Fsp3) is 0. The largest absolute Gasteiger partial charge is 0.509 e. The molecular formula is C53H35N4O2Pt-. The number of benzene rings is 8. The minimum absolute atomic E-state index is 0. The SMILES string of the molecule is [Pt].[c-]1c(Oc2[c-]c3c(cc2)c2ccccc2n3-c2cc(-c3c(-c4ccccc4)cccc3-c3ccccc3)ccn2)cccc1N1[OH+]N(c2ccccc2)c2ccccc21. The molecule has 290 valence electrons. The Morgan fingerprint density at radius 3 is 1.83 bits per heavy atom. The molecule has 8 aromatic carbocycles. The second-order valence-corrected chi connectivity index (χ2v) is 14.3. The quantitative estimate of drug-likeness (QED) is 0.112. The molecule has 0 aliphatic carbocycles. The summed E-state index contributed by atoms with van der Waals surface area (Å²) >= 11 is 0. The van der Waals surface area contributed by atoms with Crippen LogP contribution in [-0.4, -0.2) is 14.5 Å². The number of hydrogen-bond donors (Lipinski definition) is 0. The van der Waals surface area contributed by atoms with E-state index in [9.17, 15) is 0 Å². The van der Waals surface area contributed by atoms with Gasteiger partial charge < -0.3 is 9.30 Å². The van der Waals surface area contributed by atoms with Gasteiger partial charge in [0.15, 0.2) is 0 Å². The van der Waals surface area contributed by atoms with Crippen molar-refractivity contribution in [3.8, 4) is 50.7 Å². The molecule has 3 heterocycles. The fourth-order valence-electron chi connectivity index (χ4n) is 8.13. The maximum absolute atomic E-state index is 6.57. The number of ether oxygens (including phenoxy) is 1. The summed E-state index contributed by atoms with van der Waals surface area (Å²) in [4.78, 5) is 10.00. The molecule has 0 bridgehead atoms. The minimum Gasteiger partial charge on any atom is -0.509 e. The molecule has 0 saturated carbocycles. The zero-order valence-electron chi connectivity index (χ0n) is 32.1. The van der Waals surface area contributed by atoms with E-state index in [-0.39, 0.29) is 21.1 Å². The first-order valence-electron chi connectivity index (χ1n) is 19.6. The fourth-order valence-corrected chi connectivity index (χ4v) is 8.13. The van der Waals surface area contributed by atoms with E-state index in [1.807, 2.05) is 70.9 Å². The van der Waals surface area contributed by atoms with Crippen molar-refractivity contribution in [3.63, 3.8) is 0 Å². The Hall–Kier alpha value is -7.24. The van der Waals surface area contributed by atoms with Crippen LogP contribution in [0.1, 0.15) is 0 Å². The molecular weight excluding hydrogens is 920 g/mol. The van der Waals surface area contributed by atoms with Crippen LogP contribution in [0.2, 0.25) is 0 Å². The van der Waals surface area contributed by atoms with Gasteiger partial charge in [0.1, 0.15) is 22.9 Å². The molecule has 6 nitrogen and oxygen atoms in total. The molecule has 0 radical (unpaired) electrons. The van der Waals surface area contributed by atoms with Gasteiger partial charge in [-0.05, 0) is 81.2 Å². The number of nitrogens with zero attached hydrogens (tertiary/aromatic N) is 4. The molecule has 11 rings (SSSR count). The summed E-state index contributed by atoms with van der Waals surface area (Å²) in [5.41, 5.74) is 12.4. The van der Waals surface area contributed by atoms with E-state index in [0.29, 0.717) is 11.5 Å². The van der Waals surface area contributed by atoms with Crippen molar-refractivity contribution in [1.29, 1.82) is 0 Å². The van der Waals surface area contributed by atoms with Gasteiger partial charge in [0, 0.05) is 50.0 Å². The number of anilines is 4. The maximum Gasteiger partial charge on any atom is 0.148 e. The summed E-state index contributed by atoms with van der Waals surface area (Å²) in [7, 11) is 0. The van der Waals surface area contributed by atoms with Gasteiger partial charge >= 0.3 is 0 Å². The first kappa shape index (κ1) is 37.1. The van der Waals surface area contributed by atoms with E-state index in [2.05, 4.69) is 162 Å². The van der Waals surface area contributed by atoms with Crippen LogP contribution < -0.4 is 14.9 Å². The summed E-state index contributed by atoms with van der Waals surface area (Å²) in [5.74, 6) is 1.91. The third-order valence-electron chi connectivity index (χ3n) is 10.8. The molecule has 0 saturated heterocycles. The van der Waals surface area contributed by atoms with Crippen LogP contribution in [0.15, 0.2) is 206 Å². The Kier molecular flexibility index (Phi) is 9.78. The number of rotatable bonds is 8. The van der Waals surface area contributed by atoms with Gasteiger partial charge in [0.2, 0.25) is 0 Å². The van der Waals surface area contributed by atoms with Crippen molar-refractivity contribution >= 4 is 44.6 Å². The van der Waals surface area contributed by atoms with Crippen LogP contribution in [0.3, 0.4) is 0 Å². The number of pyridine rings is 1. The second kappa shape index (κ2) is 15.8. The summed E-state index contributed by atoms with van der Waals surface area (Å²) in [5, 5.41) is 6.01. The van der Waals surface area contributed by atoms with Crippen molar-refractivity contribution in [2.45, 2.75) is 0 Å². The Labute approximate surface area is 362 Å². The van der Waals surface area contributed by atoms with Crippen molar-refractivity contribution in [3.05, 3.63) is 219 Å². The molecule has 0 amide bonds. The van der Waals surface area contributed by atoms with Crippen LogP contribution in [-0.2, 0) is 21.1 Å². The smallest absolute Gasteiger partial charge is 0.148 e. The van der Waals surface area contributed by atoms with E-state index in [0.717, 1.165) is 83.8 Å². The third-order valence-corrected chi connectivity index (χ3v) is 10.8. The van der Waals surface area contributed by atoms with E-state index in [1.165, 1.54) is 0 Å². The van der Waals surface area contributed by atoms with Crippen molar-refractivity contribution in [1.82, 2.24) is 9.55 Å². The molecule has 1 aliphatic rings. The number of para-hydroxylation sites is 4. The Morgan fingerprint density at radius 1 is 0.483 bits per heavy atom. The van der Waals surface area contributed by atoms with Crippen LogP contribution in [0.25, 0.3) is 61.0 Å². The van der Waals surface area contributed by atoms with E-state index >= 15 is 0 Å². The van der Waals surface area contributed by atoms with Crippen molar-refractivity contribution in [2.75, 3.05) is 10.1 Å². The van der Waals surface area contributed by atoms with Crippen molar-refractivity contribution in [2.24, 2.45) is 0 Å². The maximum atomic E-state index is 6.57. The third kappa shape index (κ3) is 6.62. The van der Waals surface area contributed by atoms with Gasteiger partial charge in [0.25, 0.3) is 0 Å². The first-order chi connectivity index (χ1) is 29.3. The van der Waals surface area contributed by atoms with Crippen LogP contribution in [0, 0.1) is 12.1 Å². The normalized spacial score (nSPS) is 12.1. The molecule has 0 unspecified atom stereocenters. The number of fused-ring (bicyclic) bond motifs is 4. The monoisotopic (exact) mass is 954 g/mol. The van der Waals surface area contributed by atoms with Crippen molar-refractivity contribution < 1.29 is 30.7 Å². The molecule has 0 fully saturated rings. The van der Waals surface area contributed by atoms with Crippen LogP contribution >= 0.6 is 0 Å². The van der Waals surface area contributed by atoms with Gasteiger partial charge in [-0.25, -0.2) is 4.98 Å². The van der Waals surface area contributed by atoms with E-state index in [1.54, 1.807) is 0 Å². The Bertz CT molecular complexity index is 3080. The first-order valence-corrected chi connectivity index (χ1v) is 19.6.